The minimum Gasteiger partial charge on any atom is -0.374 e. The molecule has 0 spiro atoms. The standard InChI is InChI=1S/C9H15F3N2O2/c10-9(11,12)2-1-8(15)14-6-7-5-13-3-4-16-7/h7,13H,1-6H2,(H,14,15). The molecule has 1 heterocycles. The van der Waals surface area contributed by atoms with Crippen LogP contribution in [-0.2, 0) is 9.53 Å². The highest BCUT2D eigenvalue weighted by Gasteiger charge is 2.28. The third-order valence-corrected chi connectivity index (χ3v) is 2.17. The molecule has 1 atom stereocenters. The maximum absolute atomic E-state index is 11.8. The summed E-state index contributed by atoms with van der Waals surface area (Å²) in [4.78, 5) is 11.0. The zero-order chi connectivity index (χ0) is 12.0. The van der Waals surface area contributed by atoms with Gasteiger partial charge in [0, 0.05) is 26.1 Å². The number of carbonyl (C=O) groups excluding carboxylic acids is 1. The van der Waals surface area contributed by atoms with Gasteiger partial charge in [0.1, 0.15) is 0 Å². The summed E-state index contributed by atoms with van der Waals surface area (Å²) >= 11 is 0. The van der Waals surface area contributed by atoms with Crippen LogP contribution in [0.1, 0.15) is 12.8 Å². The minimum absolute atomic E-state index is 0.149. The summed E-state index contributed by atoms with van der Waals surface area (Å²) < 4.78 is 40.7. The summed E-state index contributed by atoms with van der Waals surface area (Å²) in [7, 11) is 0. The van der Waals surface area contributed by atoms with Gasteiger partial charge in [-0.15, -0.1) is 0 Å². The Balaban J connectivity index is 2.09. The van der Waals surface area contributed by atoms with Gasteiger partial charge in [-0.05, 0) is 0 Å². The maximum atomic E-state index is 11.8. The van der Waals surface area contributed by atoms with Gasteiger partial charge >= 0.3 is 6.18 Å². The molecule has 1 fully saturated rings. The second-order valence-electron chi connectivity index (χ2n) is 3.62. The Morgan fingerprint density at radius 1 is 1.50 bits per heavy atom. The first-order valence-corrected chi connectivity index (χ1v) is 5.13. The van der Waals surface area contributed by atoms with Crippen LogP contribution in [0.5, 0.6) is 0 Å². The summed E-state index contributed by atoms with van der Waals surface area (Å²) in [6, 6.07) is 0. The Labute approximate surface area is 91.5 Å². The van der Waals surface area contributed by atoms with E-state index in [0.29, 0.717) is 13.2 Å². The molecule has 1 saturated heterocycles. The number of alkyl halides is 3. The molecule has 16 heavy (non-hydrogen) atoms. The lowest BCUT2D eigenvalue weighted by atomic mass is 10.2. The first-order chi connectivity index (χ1) is 7.47. The molecule has 94 valence electrons. The zero-order valence-electron chi connectivity index (χ0n) is 8.77. The average molecular weight is 240 g/mol. The number of rotatable bonds is 4. The van der Waals surface area contributed by atoms with Crippen LogP contribution in [0, 0.1) is 0 Å². The molecule has 0 radical (unpaired) electrons. The fourth-order valence-corrected chi connectivity index (χ4v) is 1.32. The molecule has 1 aliphatic rings. The van der Waals surface area contributed by atoms with Crippen LogP contribution < -0.4 is 10.6 Å². The normalized spacial score (nSPS) is 21.8. The predicted molar refractivity (Wildman–Crippen MR) is 50.9 cm³/mol. The molecule has 1 amide bonds. The number of ether oxygens (including phenoxy) is 1. The van der Waals surface area contributed by atoms with Gasteiger partial charge in [-0.1, -0.05) is 0 Å². The molecule has 0 aromatic carbocycles. The van der Waals surface area contributed by atoms with Crippen molar-refractivity contribution in [3.8, 4) is 0 Å². The van der Waals surface area contributed by atoms with Gasteiger partial charge in [0.2, 0.25) is 5.91 Å². The zero-order valence-corrected chi connectivity index (χ0v) is 8.77. The SMILES string of the molecule is O=C(CCC(F)(F)F)NCC1CNCCO1. The summed E-state index contributed by atoms with van der Waals surface area (Å²) in [5.74, 6) is -0.591. The molecule has 0 aromatic rings. The summed E-state index contributed by atoms with van der Waals surface area (Å²) in [5, 5.41) is 5.48. The number of nitrogens with one attached hydrogen (secondary N) is 2. The second kappa shape index (κ2) is 6.05. The largest absolute Gasteiger partial charge is 0.389 e. The number of carbonyl (C=O) groups is 1. The molecule has 1 unspecified atom stereocenters. The molecule has 1 aliphatic heterocycles. The lowest BCUT2D eigenvalue weighted by Gasteiger charge is -2.23. The van der Waals surface area contributed by atoms with Crippen molar-refractivity contribution in [3.05, 3.63) is 0 Å². The van der Waals surface area contributed by atoms with Crippen LogP contribution in [0.2, 0.25) is 0 Å². The monoisotopic (exact) mass is 240 g/mol. The van der Waals surface area contributed by atoms with Crippen molar-refractivity contribution in [1.29, 1.82) is 0 Å². The van der Waals surface area contributed by atoms with Crippen molar-refractivity contribution in [2.24, 2.45) is 0 Å². The molecule has 1 rings (SSSR count). The van der Waals surface area contributed by atoms with Crippen LogP contribution in [0.3, 0.4) is 0 Å². The first-order valence-electron chi connectivity index (χ1n) is 5.13. The lowest BCUT2D eigenvalue weighted by molar-refractivity contribution is -0.144. The predicted octanol–water partition coefficient (Wildman–Crippen LogP) is 0.433. The number of morpholine rings is 1. The summed E-state index contributed by atoms with van der Waals surface area (Å²) in [5.41, 5.74) is 0. The molecular weight excluding hydrogens is 225 g/mol. The average Bonchev–Trinajstić information content (AvgIpc) is 2.24. The molecule has 4 nitrogen and oxygen atoms in total. The van der Waals surface area contributed by atoms with Gasteiger partial charge < -0.3 is 15.4 Å². The van der Waals surface area contributed by atoms with Crippen molar-refractivity contribution in [2.45, 2.75) is 25.1 Å². The Morgan fingerprint density at radius 3 is 2.81 bits per heavy atom. The number of hydrogen-bond acceptors (Lipinski definition) is 3. The van der Waals surface area contributed by atoms with E-state index >= 15 is 0 Å². The topological polar surface area (TPSA) is 50.4 Å². The van der Waals surface area contributed by atoms with E-state index in [-0.39, 0.29) is 12.6 Å². The van der Waals surface area contributed by atoms with Crippen LogP contribution in [0.25, 0.3) is 0 Å². The van der Waals surface area contributed by atoms with Crippen LogP contribution in [0.4, 0.5) is 13.2 Å². The smallest absolute Gasteiger partial charge is 0.374 e. The highest BCUT2D eigenvalue weighted by Crippen LogP contribution is 2.20. The van der Waals surface area contributed by atoms with Crippen molar-refractivity contribution < 1.29 is 22.7 Å². The van der Waals surface area contributed by atoms with Gasteiger partial charge in [-0.25, -0.2) is 0 Å². The van der Waals surface area contributed by atoms with Gasteiger partial charge in [0.15, 0.2) is 0 Å². The van der Waals surface area contributed by atoms with E-state index in [9.17, 15) is 18.0 Å². The van der Waals surface area contributed by atoms with E-state index in [1.807, 2.05) is 0 Å². The van der Waals surface area contributed by atoms with Gasteiger partial charge in [-0.3, -0.25) is 4.79 Å². The molecule has 0 aliphatic carbocycles. The van der Waals surface area contributed by atoms with Gasteiger partial charge in [0.05, 0.1) is 19.1 Å². The molecular formula is C9H15F3N2O2. The minimum atomic E-state index is -4.28. The fraction of sp³-hybridized carbons (Fsp3) is 0.889. The van der Waals surface area contributed by atoms with E-state index in [1.165, 1.54) is 0 Å². The molecule has 2 N–H and O–H groups in total. The third-order valence-electron chi connectivity index (χ3n) is 2.17. The van der Waals surface area contributed by atoms with Gasteiger partial charge in [-0.2, -0.15) is 13.2 Å². The van der Waals surface area contributed by atoms with Gasteiger partial charge in [0.25, 0.3) is 0 Å². The van der Waals surface area contributed by atoms with Crippen LogP contribution in [0.15, 0.2) is 0 Å². The summed E-state index contributed by atoms with van der Waals surface area (Å²) in [6.45, 7) is 2.19. The first kappa shape index (κ1) is 13.2. The van der Waals surface area contributed by atoms with Crippen LogP contribution in [-0.4, -0.2) is 44.4 Å². The van der Waals surface area contributed by atoms with Crippen LogP contribution >= 0.6 is 0 Å². The lowest BCUT2D eigenvalue weighted by Crippen LogP contribution is -2.45. The van der Waals surface area contributed by atoms with Crippen molar-refractivity contribution >= 4 is 5.91 Å². The van der Waals surface area contributed by atoms with E-state index in [1.54, 1.807) is 0 Å². The molecule has 7 heteroatoms. The van der Waals surface area contributed by atoms with E-state index < -0.39 is 24.9 Å². The summed E-state index contributed by atoms with van der Waals surface area (Å²) in [6.07, 6.45) is -6.03. The second-order valence-corrected chi connectivity index (χ2v) is 3.62. The Hall–Kier alpha value is -0.820. The highest BCUT2D eigenvalue weighted by atomic mass is 19.4. The molecule has 0 saturated carbocycles. The number of hydrogen-bond donors (Lipinski definition) is 2. The van der Waals surface area contributed by atoms with E-state index in [2.05, 4.69) is 10.6 Å². The van der Waals surface area contributed by atoms with Crippen molar-refractivity contribution in [2.75, 3.05) is 26.2 Å². The maximum Gasteiger partial charge on any atom is 0.389 e. The van der Waals surface area contributed by atoms with Crippen molar-refractivity contribution in [1.82, 2.24) is 10.6 Å². The quantitative estimate of drug-likeness (QED) is 0.749. The van der Waals surface area contributed by atoms with E-state index in [0.717, 1.165) is 6.54 Å². The number of amides is 1. The third kappa shape index (κ3) is 5.92. The van der Waals surface area contributed by atoms with Crippen molar-refractivity contribution in [3.63, 3.8) is 0 Å². The fourth-order valence-electron chi connectivity index (χ4n) is 1.32. The Bertz CT molecular complexity index is 227. The Morgan fingerprint density at radius 2 is 2.25 bits per heavy atom. The Kier molecular flexibility index (Phi) is 5.01. The molecule has 0 bridgehead atoms. The highest BCUT2D eigenvalue weighted by molar-refractivity contribution is 5.75. The molecule has 0 aromatic heterocycles. The number of halogens is 3. The van der Waals surface area contributed by atoms with E-state index in [4.69, 9.17) is 4.74 Å².